The molecule has 1 atom stereocenters. The number of benzene rings is 1. The molecule has 0 aliphatic carbocycles. The van der Waals surface area contributed by atoms with Gasteiger partial charge >= 0.3 is 0 Å². The molecular weight excluding hydrogens is 509 g/mol. The number of halogens is 2. The summed E-state index contributed by atoms with van der Waals surface area (Å²) in [6, 6.07) is 4.13. The van der Waals surface area contributed by atoms with Gasteiger partial charge in [0.1, 0.15) is 23.0 Å². The maximum Gasteiger partial charge on any atom is 0.248 e. The van der Waals surface area contributed by atoms with Crippen molar-refractivity contribution < 1.29 is 17.9 Å². The standard InChI is InChI=1S/C20H21Cl2N5O4S2/c1-11(2)16(15-9-12(21)10-31-15)24-20-19(25-32-26-20)23-14-6-5-13(22)18(17(14)28)33(29,30)27-7-3-4-8-27/h5-6,9-10,16,28H,1,3-4,7-8H2,2H3,(H,23,25)(H,24,26)/t16-/m1/s1. The Bertz CT molecular complexity index is 1290. The van der Waals surface area contributed by atoms with Gasteiger partial charge in [0.15, 0.2) is 17.4 Å². The summed E-state index contributed by atoms with van der Waals surface area (Å²) in [5.74, 6) is 0.701. The number of sulfonamides is 1. The highest BCUT2D eigenvalue weighted by molar-refractivity contribution is 7.89. The number of aromatic nitrogens is 2. The molecule has 1 aliphatic heterocycles. The first-order chi connectivity index (χ1) is 15.7. The summed E-state index contributed by atoms with van der Waals surface area (Å²) in [5.41, 5.74) is 0.870. The summed E-state index contributed by atoms with van der Waals surface area (Å²) in [4.78, 5) is -0.334. The zero-order valence-corrected chi connectivity index (χ0v) is 20.7. The van der Waals surface area contributed by atoms with E-state index in [4.69, 9.17) is 27.6 Å². The van der Waals surface area contributed by atoms with E-state index in [-0.39, 0.29) is 21.4 Å². The van der Waals surface area contributed by atoms with Crippen molar-refractivity contribution in [2.75, 3.05) is 23.7 Å². The van der Waals surface area contributed by atoms with Gasteiger partial charge in [0.05, 0.1) is 27.5 Å². The number of nitrogens with one attached hydrogen (secondary N) is 2. The van der Waals surface area contributed by atoms with E-state index in [1.54, 1.807) is 6.07 Å². The van der Waals surface area contributed by atoms with Crippen LogP contribution in [0, 0.1) is 0 Å². The minimum absolute atomic E-state index is 0.0586. The first kappa shape index (κ1) is 23.8. The van der Waals surface area contributed by atoms with Gasteiger partial charge in [0, 0.05) is 19.2 Å². The average molecular weight is 530 g/mol. The molecular formula is C20H21Cl2N5O4S2. The summed E-state index contributed by atoms with van der Waals surface area (Å²) in [5, 5.41) is 17.4. The van der Waals surface area contributed by atoms with Gasteiger partial charge in [-0.25, -0.2) is 8.42 Å². The maximum absolute atomic E-state index is 13.1. The van der Waals surface area contributed by atoms with Crippen LogP contribution in [0.1, 0.15) is 31.6 Å². The molecule has 1 aliphatic rings. The zero-order valence-electron chi connectivity index (χ0n) is 17.5. The molecule has 3 aromatic rings. The summed E-state index contributed by atoms with van der Waals surface area (Å²) >= 11 is 13.1. The molecule has 33 heavy (non-hydrogen) atoms. The first-order valence-electron chi connectivity index (χ1n) is 9.95. The van der Waals surface area contributed by atoms with Crippen molar-refractivity contribution in [1.29, 1.82) is 0 Å². The van der Waals surface area contributed by atoms with Crippen LogP contribution in [-0.2, 0) is 10.0 Å². The lowest BCUT2D eigenvalue weighted by atomic mass is 10.1. The van der Waals surface area contributed by atoms with Crippen LogP contribution in [0.15, 0.2) is 45.9 Å². The number of hydrogen-bond donors (Lipinski definition) is 3. The third kappa shape index (κ3) is 4.82. The first-order valence-corrected chi connectivity index (χ1v) is 12.9. The molecule has 0 bridgehead atoms. The molecule has 0 saturated carbocycles. The zero-order chi connectivity index (χ0) is 23.8. The number of aromatic hydroxyl groups is 1. The molecule has 1 aromatic carbocycles. The van der Waals surface area contributed by atoms with Gasteiger partial charge in [-0.3, -0.25) is 0 Å². The van der Waals surface area contributed by atoms with E-state index in [1.165, 1.54) is 22.7 Å². The Balaban J connectivity index is 1.64. The Labute approximate surface area is 205 Å². The van der Waals surface area contributed by atoms with Gasteiger partial charge in [-0.15, -0.1) is 0 Å². The molecule has 9 nitrogen and oxygen atoms in total. The average Bonchev–Trinajstić information content (AvgIpc) is 3.50. The highest BCUT2D eigenvalue weighted by Crippen LogP contribution is 2.41. The fourth-order valence-electron chi connectivity index (χ4n) is 3.50. The number of phenolic OH excluding ortho intramolecular Hbond substituents is 1. The monoisotopic (exact) mass is 529 g/mol. The van der Waals surface area contributed by atoms with Gasteiger partial charge in [-0.1, -0.05) is 35.4 Å². The van der Waals surface area contributed by atoms with E-state index < -0.39 is 21.8 Å². The molecule has 13 heteroatoms. The second-order valence-electron chi connectivity index (χ2n) is 7.56. The predicted molar refractivity (Wildman–Crippen MR) is 129 cm³/mol. The Kier molecular flexibility index (Phi) is 6.87. The molecule has 176 valence electrons. The van der Waals surface area contributed by atoms with Crippen molar-refractivity contribution >= 4 is 62.3 Å². The molecule has 1 fully saturated rings. The van der Waals surface area contributed by atoms with Crippen LogP contribution >= 0.6 is 34.9 Å². The van der Waals surface area contributed by atoms with Crippen LogP contribution < -0.4 is 10.6 Å². The fourth-order valence-corrected chi connectivity index (χ4v) is 6.24. The van der Waals surface area contributed by atoms with E-state index in [0.29, 0.717) is 29.7 Å². The normalized spacial score (nSPS) is 15.5. The Morgan fingerprint density at radius 2 is 1.97 bits per heavy atom. The third-order valence-electron chi connectivity index (χ3n) is 5.13. The fraction of sp³-hybridized carbons (Fsp3) is 0.300. The molecule has 3 N–H and O–H groups in total. The van der Waals surface area contributed by atoms with Crippen molar-refractivity contribution in [2.24, 2.45) is 0 Å². The van der Waals surface area contributed by atoms with Gasteiger partial charge in [0.2, 0.25) is 10.0 Å². The Morgan fingerprint density at radius 1 is 1.27 bits per heavy atom. The molecule has 0 unspecified atom stereocenters. The minimum atomic E-state index is -3.95. The van der Waals surface area contributed by atoms with Crippen LogP contribution in [0.5, 0.6) is 5.75 Å². The number of hydrogen-bond acceptors (Lipinski definition) is 9. The lowest BCUT2D eigenvalue weighted by Crippen LogP contribution is -2.28. The summed E-state index contributed by atoms with van der Waals surface area (Å²) in [6.07, 6.45) is 2.95. The van der Waals surface area contributed by atoms with E-state index in [9.17, 15) is 13.5 Å². The molecule has 4 rings (SSSR count). The largest absolute Gasteiger partial charge is 0.504 e. The maximum atomic E-state index is 13.1. The van der Waals surface area contributed by atoms with Crippen LogP contribution in [0.3, 0.4) is 0 Å². The van der Waals surface area contributed by atoms with Crippen molar-refractivity contribution in [1.82, 2.24) is 13.1 Å². The van der Waals surface area contributed by atoms with Crippen LogP contribution in [0.25, 0.3) is 0 Å². The molecule has 2 aromatic heterocycles. The highest BCUT2D eigenvalue weighted by atomic mass is 35.5. The molecule has 0 radical (unpaired) electrons. The number of phenols is 1. The summed E-state index contributed by atoms with van der Waals surface area (Å²) in [6.45, 7) is 6.58. The van der Waals surface area contributed by atoms with E-state index >= 15 is 0 Å². The minimum Gasteiger partial charge on any atom is -0.504 e. The second-order valence-corrected chi connectivity index (χ2v) is 10.8. The number of anilines is 3. The second kappa shape index (κ2) is 9.51. The molecule has 1 saturated heterocycles. The molecule has 3 heterocycles. The number of furan rings is 1. The smallest absolute Gasteiger partial charge is 0.248 e. The van der Waals surface area contributed by atoms with Crippen molar-refractivity contribution in [3.8, 4) is 5.75 Å². The van der Waals surface area contributed by atoms with Crippen molar-refractivity contribution in [2.45, 2.75) is 30.7 Å². The van der Waals surface area contributed by atoms with Crippen LogP contribution in [-0.4, -0.2) is 39.7 Å². The van der Waals surface area contributed by atoms with Gasteiger partial charge in [-0.2, -0.15) is 13.1 Å². The van der Waals surface area contributed by atoms with Crippen LogP contribution in [0.2, 0.25) is 10.0 Å². The number of rotatable bonds is 8. The lowest BCUT2D eigenvalue weighted by Gasteiger charge is -2.19. The third-order valence-corrected chi connectivity index (χ3v) is 8.26. The van der Waals surface area contributed by atoms with Crippen LogP contribution in [0.4, 0.5) is 17.3 Å². The number of nitrogens with zero attached hydrogens (tertiary/aromatic N) is 3. The highest BCUT2D eigenvalue weighted by Gasteiger charge is 2.33. The summed E-state index contributed by atoms with van der Waals surface area (Å²) < 4.78 is 41.4. The van der Waals surface area contributed by atoms with Gasteiger partial charge in [-0.05, 0) is 31.9 Å². The predicted octanol–water partition coefficient (Wildman–Crippen LogP) is 5.40. The van der Waals surface area contributed by atoms with Crippen molar-refractivity contribution in [3.05, 3.63) is 52.4 Å². The topological polar surface area (TPSA) is 121 Å². The van der Waals surface area contributed by atoms with E-state index in [0.717, 1.165) is 30.1 Å². The molecule has 0 amide bonds. The Morgan fingerprint density at radius 3 is 2.61 bits per heavy atom. The van der Waals surface area contributed by atoms with E-state index in [1.807, 2.05) is 6.92 Å². The van der Waals surface area contributed by atoms with E-state index in [2.05, 4.69) is 26.0 Å². The SMILES string of the molecule is C=C(C)[C@@H](Nc1nsnc1Nc1ccc(Cl)c(S(=O)(=O)N2CCCC2)c1O)c1cc(Cl)co1. The Hall–Kier alpha value is -2.31. The lowest BCUT2D eigenvalue weighted by molar-refractivity contribution is 0.445. The quantitative estimate of drug-likeness (QED) is 0.262. The van der Waals surface area contributed by atoms with Gasteiger partial charge < -0.3 is 20.2 Å². The van der Waals surface area contributed by atoms with Gasteiger partial charge in [0.25, 0.3) is 0 Å². The van der Waals surface area contributed by atoms with Crippen molar-refractivity contribution in [3.63, 3.8) is 0 Å². The molecule has 0 spiro atoms. The summed E-state index contributed by atoms with van der Waals surface area (Å²) in [7, 11) is -3.95.